The summed E-state index contributed by atoms with van der Waals surface area (Å²) in [5.74, 6) is 1.06. The summed E-state index contributed by atoms with van der Waals surface area (Å²) in [5, 5.41) is 4.00. The van der Waals surface area contributed by atoms with Gasteiger partial charge in [-0.1, -0.05) is 0 Å². The molecule has 0 aromatic heterocycles. The molecule has 1 aliphatic rings. The maximum Gasteiger partial charge on any atom is 0.245 e. The second-order valence-corrected chi connectivity index (χ2v) is 6.68. The van der Waals surface area contributed by atoms with Crippen molar-refractivity contribution in [1.29, 1.82) is 0 Å². The van der Waals surface area contributed by atoms with Gasteiger partial charge in [0, 0.05) is 18.7 Å². The smallest absolute Gasteiger partial charge is 0.245 e. The van der Waals surface area contributed by atoms with E-state index in [-0.39, 0.29) is 18.2 Å². The van der Waals surface area contributed by atoms with Gasteiger partial charge in [0.05, 0.1) is 33.0 Å². The third-order valence-electron chi connectivity index (χ3n) is 4.75. The lowest BCUT2D eigenvalue weighted by molar-refractivity contribution is -0.126. The number of ether oxygens (including phenoxy) is 3. The number of hydrogen-bond acceptors (Lipinski definition) is 6. The van der Waals surface area contributed by atoms with Crippen molar-refractivity contribution in [1.82, 2.24) is 5.43 Å². The molecule has 158 valence electrons. The standard InChI is InChI=1S/C22H25N3O5/c1-4-30-18-8-6-17(7-9-18)25-14-16(12-21(25)26)22(27)24-23-13-15-5-10-19(28-2)20(11-15)29-3/h5-11,13,16H,4,12,14H2,1-3H3,(H,24,27)/b23-13-/t16-/m0/s1. The minimum absolute atomic E-state index is 0.0943. The van der Waals surface area contributed by atoms with E-state index < -0.39 is 5.92 Å². The van der Waals surface area contributed by atoms with Gasteiger partial charge >= 0.3 is 0 Å². The quantitative estimate of drug-likeness (QED) is 0.533. The number of rotatable bonds is 8. The van der Waals surface area contributed by atoms with Crippen LogP contribution in [-0.2, 0) is 9.59 Å². The van der Waals surface area contributed by atoms with Gasteiger partial charge in [0.15, 0.2) is 11.5 Å². The van der Waals surface area contributed by atoms with Crippen molar-refractivity contribution < 1.29 is 23.8 Å². The summed E-state index contributed by atoms with van der Waals surface area (Å²) in [6, 6.07) is 12.6. The number of anilines is 1. The van der Waals surface area contributed by atoms with Gasteiger partial charge in [-0.2, -0.15) is 5.10 Å². The number of amides is 2. The summed E-state index contributed by atoms with van der Waals surface area (Å²) in [5.41, 5.74) is 4.00. The molecule has 0 saturated carbocycles. The monoisotopic (exact) mass is 411 g/mol. The highest BCUT2D eigenvalue weighted by molar-refractivity contribution is 6.00. The van der Waals surface area contributed by atoms with Gasteiger partial charge in [-0.15, -0.1) is 0 Å². The SMILES string of the molecule is CCOc1ccc(N2C[C@@H](C(=O)N/N=C\c3ccc(OC)c(OC)c3)CC2=O)cc1. The predicted molar refractivity (Wildman–Crippen MR) is 113 cm³/mol. The molecular weight excluding hydrogens is 386 g/mol. The van der Waals surface area contributed by atoms with E-state index in [0.29, 0.717) is 24.7 Å². The van der Waals surface area contributed by atoms with Crippen LogP contribution in [0.4, 0.5) is 5.69 Å². The summed E-state index contributed by atoms with van der Waals surface area (Å²) in [6.07, 6.45) is 1.66. The Kier molecular flexibility index (Phi) is 6.90. The fraction of sp³-hybridized carbons (Fsp3) is 0.318. The van der Waals surface area contributed by atoms with Crippen LogP contribution < -0.4 is 24.5 Å². The van der Waals surface area contributed by atoms with Crippen molar-refractivity contribution in [2.75, 3.05) is 32.3 Å². The molecule has 30 heavy (non-hydrogen) atoms. The van der Waals surface area contributed by atoms with Gasteiger partial charge in [-0.3, -0.25) is 9.59 Å². The number of methoxy groups -OCH3 is 2. The third kappa shape index (κ3) is 4.89. The normalized spacial score (nSPS) is 16.0. The van der Waals surface area contributed by atoms with E-state index in [0.717, 1.165) is 17.0 Å². The average Bonchev–Trinajstić information content (AvgIpc) is 3.16. The van der Waals surface area contributed by atoms with Gasteiger partial charge in [0.2, 0.25) is 11.8 Å². The summed E-state index contributed by atoms with van der Waals surface area (Å²) in [4.78, 5) is 26.4. The Labute approximate surface area is 175 Å². The van der Waals surface area contributed by atoms with E-state index in [9.17, 15) is 9.59 Å². The van der Waals surface area contributed by atoms with Crippen LogP contribution in [0.25, 0.3) is 0 Å². The van der Waals surface area contributed by atoms with Gasteiger partial charge in [0.1, 0.15) is 5.75 Å². The van der Waals surface area contributed by atoms with Crippen molar-refractivity contribution in [2.45, 2.75) is 13.3 Å². The van der Waals surface area contributed by atoms with E-state index in [1.807, 2.05) is 31.2 Å². The molecule has 1 N–H and O–H groups in total. The Morgan fingerprint density at radius 3 is 2.57 bits per heavy atom. The van der Waals surface area contributed by atoms with Crippen LogP contribution >= 0.6 is 0 Å². The highest BCUT2D eigenvalue weighted by Crippen LogP contribution is 2.28. The lowest BCUT2D eigenvalue weighted by Crippen LogP contribution is -2.30. The summed E-state index contributed by atoms with van der Waals surface area (Å²) >= 11 is 0. The first kappa shape index (κ1) is 21.2. The van der Waals surface area contributed by atoms with Gasteiger partial charge in [0.25, 0.3) is 0 Å². The van der Waals surface area contributed by atoms with Crippen LogP contribution in [0.1, 0.15) is 18.9 Å². The number of benzene rings is 2. The Hall–Kier alpha value is -3.55. The number of hydrazone groups is 1. The van der Waals surface area contributed by atoms with Crippen LogP contribution in [-0.4, -0.2) is 45.4 Å². The van der Waals surface area contributed by atoms with Gasteiger partial charge in [-0.05, 0) is 55.0 Å². The molecule has 8 nitrogen and oxygen atoms in total. The molecule has 2 aromatic rings. The van der Waals surface area contributed by atoms with E-state index in [2.05, 4.69) is 10.5 Å². The molecule has 0 bridgehead atoms. The largest absolute Gasteiger partial charge is 0.494 e. The number of carbonyl (C=O) groups is 2. The lowest BCUT2D eigenvalue weighted by Gasteiger charge is -2.17. The molecule has 1 saturated heterocycles. The number of nitrogens with one attached hydrogen (secondary N) is 1. The Morgan fingerprint density at radius 1 is 1.17 bits per heavy atom. The molecule has 0 radical (unpaired) electrons. The molecule has 8 heteroatoms. The van der Waals surface area contributed by atoms with Crippen molar-refractivity contribution in [3.63, 3.8) is 0 Å². The number of hydrogen-bond donors (Lipinski definition) is 1. The molecule has 0 unspecified atom stereocenters. The van der Waals surface area contributed by atoms with E-state index in [4.69, 9.17) is 14.2 Å². The van der Waals surface area contributed by atoms with Crippen LogP contribution in [0.3, 0.4) is 0 Å². The van der Waals surface area contributed by atoms with Crippen molar-refractivity contribution >= 4 is 23.7 Å². The second kappa shape index (κ2) is 9.78. The summed E-state index contributed by atoms with van der Waals surface area (Å²) < 4.78 is 15.9. The number of carbonyl (C=O) groups excluding carboxylic acids is 2. The lowest BCUT2D eigenvalue weighted by atomic mass is 10.1. The fourth-order valence-corrected chi connectivity index (χ4v) is 3.22. The highest BCUT2D eigenvalue weighted by Gasteiger charge is 2.35. The Morgan fingerprint density at radius 2 is 1.90 bits per heavy atom. The summed E-state index contributed by atoms with van der Waals surface area (Å²) in [7, 11) is 3.11. The first-order valence-electron chi connectivity index (χ1n) is 9.63. The zero-order valence-corrected chi connectivity index (χ0v) is 17.3. The molecule has 2 amide bonds. The zero-order valence-electron chi connectivity index (χ0n) is 17.3. The van der Waals surface area contributed by atoms with Gasteiger partial charge in [-0.25, -0.2) is 5.43 Å². The molecule has 1 aliphatic heterocycles. The Balaban J connectivity index is 1.58. The molecule has 0 spiro atoms. The average molecular weight is 411 g/mol. The predicted octanol–water partition coefficient (Wildman–Crippen LogP) is 2.61. The van der Waals surface area contributed by atoms with Crippen LogP contribution in [0.5, 0.6) is 17.2 Å². The van der Waals surface area contributed by atoms with E-state index in [1.54, 1.807) is 37.3 Å². The molecule has 1 atom stereocenters. The maximum atomic E-state index is 12.5. The summed E-state index contributed by atoms with van der Waals surface area (Å²) in [6.45, 7) is 2.80. The van der Waals surface area contributed by atoms with Crippen molar-refractivity contribution in [3.8, 4) is 17.2 Å². The van der Waals surface area contributed by atoms with Crippen LogP contribution in [0, 0.1) is 5.92 Å². The van der Waals surface area contributed by atoms with E-state index >= 15 is 0 Å². The molecule has 1 fully saturated rings. The second-order valence-electron chi connectivity index (χ2n) is 6.68. The molecule has 1 heterocycles. The zero-order chi connectivity index (χ0) is 21.5. The highest BCUT2D eigenvalue weighted by atomic mass is 16.5. The first-order valence-corrected chi connectivity index (χ1v) is 9.63. The topological polar surface area (TPSA) is 89.5 Å². The van der Waals surface area contributed by atoms with Crippen molar-refractivity contribution in [3.05, 3.63) is 48.0 Å². The third-order valence-corrected chi connectivity index (χ3v) is 4.75. The van der Waals surface area contributed by atoms with E-state index in [1.165, 1.54) is 6.21 Å². The molecule has 2 aromatic carbocycles. The molecular formula is C22H25N3O5. The van der Waals surface area contributed by atoms with Crippen molar-refractivity contribution in [2.24, 2.45) is 11.0 Å². The molecule has 3 rings (SSSR count). The minimum atomic E-state index is -0.466. The maximum absolute atomic E-state index is 12.5. The first-order chi connectivity index (χ1) is 14.5. The Bertz CT molecular complexity index is 927. The fourth-order valence-electron chi connectivity index (χ4n) is 3.22. The van der Waals surface area contributed by atoms with Gasteiger partial charge < -0.3 is 19.1 Å². The number of nitrogens with zero attached hydrogens (tertiary/aromatic N) is 2. The molecule has 0 aliphatic carbocycles. The van der Waals surface area contributed by atoms with Crippen LogP contribution in [0.15, 0.2) is 47.6 Å². The minimum Gasteiger partial charge on any atom is -0.494 e. The van der Waals surface area contributed by atoms with Crippen LogP contribution in [0.2, 0.25) is 0 Å².